The van der Waals surface area contributed by atoms with Gasteiger partial charge in [-0.05, 0) is 30.5 Å². The van der Waals surface area contributed by atoms with Crippen LogP contribution in [0.25, 0.3) is 6.08 Å². The number of hydrogen-bond acceptors (Lipinski definition) is 2. The molecule has 206 valence electrons. The Labute approximate surface area is 223 Å². The van der Waals surface area contributed by atoms with Crippen molar-refractivity contribution >= 4 is 12.0 Å². The zero-order valence-electron chi connectivity index (χ0n) is 23.8. The Balaban J connectivity index is 2.52. The van der Waals surface area contributed by atoms with Crippen molar-refractivity contribution in [2.45, 2.75) is 148 Å². The van der Waals surface area contributed by atoms with Gasteiger partial charge >= 0.3 is 5.97 Å². The van der Waals surface area contributed by atoms with Crippen LogP contribution >= 0.6 is 0 Å². The van der Waals surface area contributed by atoms with Crippen molar-refractivity contribution in [3.8, 4) is 0 Å². The van der Waals surface area contributed by atoms with E-state index in [1.807, 2.05) is 6.08 Å². The summed E-state index contributed by atoms with van der Waals surface area (Å²) in [5.74, 6) is -0.660. The first-order valence-electron chi connectivity index (χ1n) is 15.3. The molecule has 3 nitrogen and oxygen atoms in total. The second kappa shape index (κ2) is 22.6. The van der Waals surface area contributed by atoms with Crippen molar-refractivity contribution in [3.05, 3.63) is 42.0 Å². The molecule has 1 aromatic carbocycles. The molecule has 1 N–H and O–H groups in total. The van der Waals surface area contributed by atoms with Crippen LogP contribution in [0.3, 0.4) is 0 Å². The normalized spacial score (nSPS) is 12.2. The van der Waals surface area contributed by atoms with Crippen molar-refractivity contribution in [2.24, 2.45) is 0 Å². The number of carboxylic acid groups (broad SMARTS) is 1. The summed E-state index contributed by atoms with van der Waals surface area (Å²) in [6, 6.07) is 8.02. The molecule has 0 bridgehead atoms. The lowest BCUT2D eigenvalue weighted by molar-refractivity contribution is -0.144. The molecule has 36 heavy (non-hydrogen) atoms. The molecular formula is C33H57NO2. The van der Waals surface area contributed by atoms with Crippen LogP contribution in [0.4, 0.5) is 0 Å². The van der Waals surface area contributed by atoms with Crippen LogP contribution in [0.1, 0.15) is 147 Å². The highest BCUT2D eigenvalue weighted by atomic mass is 16.4. The molecule has 0 amide bonds. The van der Waals surface area contributed by atoms with E-state index in [0.29, 0.717) is 6.54 Å². The number of unbranched alkanes of at least 4 members (excludes halogenated alkanes) is 16. The average molecular weight is 500 g/mol. The summed E-state index contributed by atoms with van der Waals surface area (Å²) < 4.78 is 0. The molecule has 0 aliphatic heterocycles. The fourth-order valence-electron chi connectivity index (χ4n) is 5.07. The lowest BCUT2D eigenvalue weighted by Gasteiger charge is -2.29. The average Bonchev–Trinajstić information content (AvgIpc) is 2.88. The molecule has 0 aliphatic carbocycles. The minimum absolute atomic E-state index is 0.386. The van der Waals surface area contributed by atoms with Gasteiger partial charge < -0.3 is 5.11 Å². The van der Waals surface area contributed by atoms with Gasteiger partial charge in [-0.2, -0.15) is 0 Å². The van der Waals surface area contributed by atoms with Crippen LogP contribution in [-0.2, 0) is 11.3 Å². The van der Waals surface area contributed by atoms with Gasteiger partial charge in [-0.1, -0.05) is 160 Å². The second-order valence-corrected chi connectivity index (χ2v) is 10.7. The zero-order valence-corrected chi connectivity index (χ0v) is 23.8. The maximum Gasteiger partial charge on any atom is 0.320 e. The van der Waals surface area contributed by atoms with Gasteiger partial charge in [-0.3, -0.25) is 9.69 Å². The van der Waals surface area contributed by atoms with E-state index in [4.69, 9.17) is 0 Å². The zero-order chi connectivity index (χ0) is 26.3. The van der Waals surface area contributed by atoms with E-state index in [1.165, 1.54) is 102 Å². The Morgan fingerprint density at radius 3 is 1.64 bits per heavy atom. The molecule has 0 heterocycles. The Hall–Kier alpha value is -1.61. The van der Waals surface area contributed by atoms with E-state index in [-0.39, 0.29) is 6.04 Å². The summed E-state index contributed by atoms with van der Waals surface area (Å²) in [5.41, 5.74) is 2.29. The summed E-state index contributed by atoms with van der Waals surface area (Å²) in [4.78, 5) is 14.5. The van der Waals surface area contributed by atoms with Gasteiger partial charge in [0.1, 0.15) is 6.04 Å². The van der Waals surface area contributed by atoms with Gasteiger partial charge in [0.2, 0.25) is 0 Å². The van der Waals surface area contributed by atoms with Crippen LogP contribution in [0.2, 0.25) is 0 Å². The van der Waals surface area contributed by atoms with E-state index in [1.54, 1.807) is 0 Å². The topological polar surface area (TPSA) is 40.5 Å². The van der Waals surface area contributed by atoms with Gasteiger partial charge in [0, 0.05) is 6.54 Å². The highest BCUT2D eigenvalue weighted by Gasteiger charge is 2.25. The summed E-state index contributed by atoms with van der Waals surface area (Å²) in [5, 5.41) is 10.1. The Bertz CT molecular complexity index is 654. The number of carboxylic acids is 1. The molecule has 1 atom stereocenters. The Morgan fingerprint density at radius 1 is 0.750 bits per heavy atom. The van der Waals surface area contributed by atoms with Crippen molar-refractivity contribution in [3.63, 3.8) is 0 Å². The first-order chi connectivity index (χ1) is 17.6. The lowest BCUT2D eigenvalue weighted by atomic mass is 10.0. The molecule has 0 spiro atoms. The summed E-state index contributed by atoms with van der Waals surface area (Å²) in [6.45, 7) is 9.94. The summed E-state index contributed by atoms with van der Waals surface area (Å²) in [6.07, 6.45) is 25.6. The summed E-state index contributed by atoms with van der Waals surface area (Å²) in [7, 11) is 0. The van der Waals surface area contributed by atoms with Crippen LogP contribution in [0.15, 0.2) is 30.8 Å². The van der Waals surface area contributed by atoms with Gasteiger partial charge in [0.25, 0.3) is 0 Å². The fourth-order valence-corrected chi connectivity index (χ4v) is 5.07. The number of benzene rings is 1. The molecule has 0 aliphatic rings. The van der Waals surface area contributed by atoms with E-state index in [0.717, 1.165) is 37.8 Å². The highest BCUT2D eigenvalue weighted by Crippen LogP contribution is 2.19. The molecule has 0 radical (unpaired) electrons. The first kappa shape index (κ1) is 32.4. The molecule has 0 saturated carbocycles. The van der Waals surface area contributed by atoms with Gasteiger partial charge in [0.15, 0.2) is 0 Å². The standard InChI is InChI=1S/C33H57NO2/c1-4-7-9-11-13-15-16-18-20-22-28-34(29-31-26-24-30(6-3)25-27-31)32(33(35)36)23-21-19-17-14-12-10-8-5-2/h6,24-27,32H,3-5,7-23,28-29H2,1-2H3,(H,35,36). The number of aliphatic carboxylic acids is 1. The van der Waals surface area contributed by atoms with Crippen LogP contribution < -0.4 is 0 Å². The van der Waals surface area contributed by atoms with Gasteiger partial charge in [0.05, 0.1) is 0 Å². The molecule has 1 rings (SSSR count). The molecule has 1 aromatic rings. The fraction of sp³-hybridized carbons (Fsp3) is 0.727. The number of nitrogens with zero attached hydrogens (tertiary/aromatic N) is 1. The van der Waals surface area contributed by atoms with E-state index in [2.05, 4.69) is 49.6 Å². The van der Waals surface area contributed by atoms with Crippen LogP contribution in [0, 0.1) is 0 Å². The quantitative estimate of drug-likeness (QED) is 0.136. The van der Waals surface area contributed by atoms with E-state index < -0.39 is 5.97 Å². The maximum atomic E-state index is 12.3. The number of carbonyl (C=O) groups is 1. The lowest BCUT2D eigenvalue weighted by Crippen LogP contribution is -2.41. The largest absolute Gasteiger partial charge is 0.480 e. The van der Waals surface area contributed by atoms with Gasteiger partial charge in [-0.15, -0.1) is 0 Å². The minimum atomic E-state index is -0.660. The summed E-state index contributed by atoms with van der Waals surface area (Å²) >= 11 is 0. The Kier molecular flexibility index (Phi) is 20.3. The SMILES string of the molecule is C=Cc1ccc(CN(CCCCCCCCCCCC)C(CCCCCCCCCC)C(=O)O)cc1. The molecular weight excluding hydrogens is 442 g/mol. The number of rotatable bonds is 25. The monoisotopic (exact) mass is 499 g/mol. The van der Waals surface area contributed by atoms with Crippen molar-refractivity contribution in [1.29, 1.82) is 0 Å². The minimum Gasteiger partial charge on any atom is -0.480 e. The van der Waals surface area contributed by atoms with Crippen LogP contribution in [0.5, 0.6) is 0 Å². The van der Waals surface area contributed by atoms with Crippen LogP contribution in [-0.4, -0.2) is 28.6 Å². The Morgan fingerprint density at radius 2 is 1.19 bits per heavy atom. The molecule has 0 aromatic heterocycles. The molecule has 3 heteroatoms. The third-order valence-electron chi connectivity index (χ3n) is 7.46. The third kappa shape index (κ3) is 16.2. The van der Waals surface area contributed by atoms with Gasteiger partial charge in [-0.25, -0.2) is 0 Å². The molecule has 0 saturated heterocycles. The highest BCUT2D eigenvalue weighted by molar-refractivity contribution is 5.73. The predicted octanol–water partition coefficient (Wildman–Crippen LogP) is 10.0. The number of hydrogen-bond donors (Lipinski definition) is 1. The second-order valence-electron chi connectivity index (χ2n) is 10.7. The van der Waals surface area contributed by atoms with E-state index in [9.17, 15) is 9.90 Å². The predicted molar refractivity (Wildman–Crippen MR) is 157 cm³/mol. The van der Waals surface area contributed by atoms with Crippen molar-refractivity contribution < 1.29 is 9.90 Å². The molecule has 0 fully saturated rings. The molecule has 1 unspecified atom stereocenters. The van der Waals surface area contributed by atoms with Crippen molar-refractivity contribution in [2.75, 3.05) is 6.54 Å². The third-order valence-corrected chi connectivity index (χ3v) is 7.46. The first-order valence-corrected chi connectivity index (χ1v) is 15.3. The van der Waals surface area contributed by atoms with Crippen molar-refractivity contribution in [1.82, 2.24) is 4.90 Å². The van der Waals surface area contributed by atoms with E-state index >= 15 is 0 Å². The smallest absolute Gasteiger partial charge is 0.320 e. The maximum absolute atomic E-state index is 12.3.